The van der Waals surface area contributed by atoms with Crippen molar-refractivity contribution >= 4 is 39.5 Å². The second kappa shape index (κ2) is 11.8. The number of fused-ring (bicyclic) bond motifs is 5. The maximum absolute atomic E-state index is 13.9. The van der Waals surface area contributed by atoms with Gasteiger partial charge in [0.1, 0.15) is 18.1 Å². The number of rotatable bonds is 5. The number of hydrogen-bond donors (Lipinski definition) is 0. The van der Waals surface area contributed by atoms with Crippen molar-refractivity contribution in [2.75, 3.05) is 13.9 Å². The highest BCUT2D eigenvalue weighted by Gasteiger charge is 2.31. The molecule has 5 rings (SSSR count). The lowest BCUT2D eigenvalue weighted by Crippen LogP contribution is -2.18. The van der Waals surface area contributed by atoms with Gasteiger partial charge < -0.3 is 18.9 Å². The number of carbonyl (C=O) groups is 2. The van der Waals surface area contributed by atoms with Crippen LogP contribution in [0, 0.1) is 10.1 Å². The first-order valence-electron chi connectivity index (χ1n) is 13.5. The van der Waals surface area contributed by atoms with Gasteiger partial charge in [-0.25, -0.2) is 4.79 Å². The summed E-state index contributed by atoms with van der Waals surface area (Å²) in [7, 11) is 1.49. The fourth-order valence-electron chi connectivity index (χ4n) is 5.46. The Morgan fingerprint density at radius 2 is 1.83 bits per heavy atom. The summed E-state index contributed by atoms with van der Waals surface area (Å²) in [5, 5.41) is 13.9. The Labute approximate surface area is 237 Å². The molecule has 0 spiro atoms. The fraction of sp³-hybridized carbons (Fsp3) is 0.312. The van der Waals surface area contributed by atoms with Gasteiger partial charge in [-0.3, -0.25) is 14.9 Å². The molecule has 0 saturated carbocycles. The molecule has 0 N–H and O–H groups in total. The number of hydrogen-bond acceptors (Lipinski definition) is 8. The zero-order valence-corrected chi connectivity index (χ0v) is 23.2. The first-order chi connectivity index (χ1) is 19.8. The maximum Gasteiger partial charge on any atom is 0.339 e. The van der Waals surface area contributed by atoms with E-state index >= 15 is 0 Å². The van der Waals surface area contributed by atoms with E-state index in [0.717, 1.165) is 24.7 Å². The SMILES string of the molecule is COc1cccc2c1cc([N+](=O)[O-])c1c(C(=O)OC3/C=C(\C=O)CC/C=C(\C)CC/C=C(\C)C3)cc3c(c12)OCO3. The molecule has 41 heavy (non-hydrogen) atoms. The molecule has 3 aromatic carbocycles. The van der Waals surface area contributed by atoms with Gasteiger partial charge in [0, 0.05) is 23.3 Å². The van der Waals surface area contributed by atoms with E-state index in [1.807, 2.05) is 6.92 Å². The minimum absolute atomic E-state index is 0.0203. The molecular formula is C32H31NO8. The van der Waals surface area contributed by atoms with Crippen molar-refractivity contribution < 1.29 is 33.5 Å². The molecular weight excluding hydrogens is 526 g/mol. The quantitative estimate of drug-likeness (QED) is 0.0812. The second-order valence-corrected chi connectivity index (χ2v) is 10.3. The average molecular weight is 558 g/mol. The maximum atomic E-state index is 13.9. The van der Waals surface area contributed by atoms with Gasteiger partial charge in [-0.15, -0.1) is 0 Å². The summed E-state index contributed by atoms with van der Waals surface area (Å²) < 4.78 is 22.8. The number of non-ortho nitro benzene ring substituents is 1. The summed E-state index contributed by atoms with van der Waals surface area (Å²) >= 11 is 0. The van der Waals surface area contributed by atoms with E-state index in [0.29, 0.717) is 52.5 Å². The number of nitro groups is 1. The third-order valence-corrected chi connectivity index (χ3v) is 7.46. The minimum atomic E-state index is -0.763. The van der Waals surface area contributed by atoms with Crippen LogP contribution in [0.25, 0.3) is 21.5 Å². The molecule has 2 aliphatic rings. The van der Waals surface area contributed by atoms with Gasteiger partial charge in [0.15, 0.2) is 11.5 Å². The number of allylic oxidation sites excluding steroid dienone is 4. The van der Waals surface area contributed by atoms with Crippen molar-refractivity contribution in [1.29, 1.82) is 0 Å². The molecule has 0 aromatic heterocycles. The predicted molar refractivity (Wildman–Crippen MR) is 155 cm³/mol. The normalized spacial score (nSPS) is 21.3. The fourth-order valence-corrected chi connectivity index (χ4v) is 5.46. The van der Waals surface area contributed by atoms with E-state index in [1.54, 1.807) is 24.3 Å². The second-order valence-electron chi connectivity index (χ2n) is 10.3. The summed E-state index contributed by atoms with van der Waals surface area (Å²) in [6, 6.07) is 8.10. The van der Waals surface area contributed by atoms with Crippen LogP contribution >= 0.6 is 0 Å². The minimum Gasteiger partial charge on any atom is -0.496 e. The smallest absolute Gasteiger partial charge is 0.339 e. The molecule has 0 bridgehead atoms. The number of esters is 1. The number of carbonyl (C=O) groups excluding carboxylic acids is 2. The van der Waals surface area contributed by atoms with Crippen molar-refractivity contribution in [3.05, 3.63) is 81.0 Å². The molecule has 3 aromatic rings. The lowest BCUT2D eigenvalue weighted by atomic mass is 9.94. The van der Waals surface area contributed by atoms with Gasteiger partial charge in [0.05, 0.1) is 23.0 Å². The van der Waals surface area contributed by atoms with E-state index in [-0.39, 0.29) is 29.2 Å². The van der Waals surface area contributed by atoms with Crippen LogP contribution in [0.2, 0.25) is 0 Å². The van der Waals surface area contributed by atoms with E-state index in [1.165, 1.54) is 24.8 Å². The summed E-state index contributed by atoms with van der Waals surface area (Å²) in [4.78, 5) is 37.6. The Morgan fingerprint density at radius 1 is 1.05 bits per heavy atom. The lowest BCUT2D eigenvalue weighted by Gasteiger charge is -2.18. The number of benzene rings is 3. The number of methoxy groups -OCH3 is 1. The lowest BCUT2D eigenvalue weighted by molar-refractivity contribution is -0.383. The van der Waals surface area contributed by atoms with Crippen LogP contribution in [0.15, 0.2) is 65.3 Å². The molecule has 1 aliphatic carbocycles. The van der Waals surface area contributed by atoms with Crippen molar-refractivity contribution in [2.24, 2.45) is 0 Å². The van der Waals surface area contributed by atoms with Gasteiger partial charge in [-0.05, 0) is 68.7 Å². The molecule has 1 atom stereocenters. The molecule has 9 nitrogen and oxygen atoms in total. The number of nitro benzene ring substituents is 1. The predicted octanol–water partition coefficient (Wildman–Crippen LogP) is 7.15. The molecule has 0 saturated heterocycles. The summed E-state index contributed by atoms with van der Waals surface area (Å²) in [5.74, 6) is 0.283. The molecule has 0 radical (unpaired) electrons. The van der Waals surface area contributed by atoms with Crippen molar-refractivity contribution in [1.82, 2.24) is 0 Å². The van der Waals surface area contributed by atoms with E-state index in [2.05, 4.69) is 19.1 Å². The molecule has 1 heterocycles. The number of ether oxygens (including phenoxy) is 4. The van der Waals surface area contributed by atoms with Gasteiger partial charge in [-0.2, -0.15) is 0 Å². The van der Waals surface area contributed by atoms with E-state index in [9.17, 15) is 19.7 Å². The third kappa shape index (κ3) is 5.66. The molecule has 0 amide bonds. The highest BCUT2D eigenvalue weighted by Crippen LogP contribution is 2.49. The summed E-state index contributed by atoms with van der Waals surface area (Å²) in [5.41, 5.74) is 2.50. The standard InChI is InChI=1S/C32H31NO8/c1-19-7-4-9-20(2)13-22(14-21(17-34)10-5-8-19)41-32(35)25-16-28-31(40-18-39-28)30-23-11-6-12-27(38-3)24(23)15-26(29(25)30)33(36)37/h6,8-9,11-12,14-17,22H,4-5,7,10,13,18H2,1-3H3/b19-8+,20-9+,21-14-. The summed E-state index contributed by atoms with van der Waals surface area (Å²) in [6.07, 6.45) is 9.32. The van der Waals surface area contributed by atoms with E-state index in [4.69, 9.17) is 18.9 Å². The van der Waals surface area contributed by atoms with Gasteiger partial charge in [0.25, 0.3) is 5.69 Å². The van der Waals surface area contributed by atoms with Gasteiger partial charge in [-0.1, -0.05) is 35.4 Å². The number of nitrogens with zero attached hydrogens (tertiary/aromatic N) is 1. The van der Waals surface area contributed by atoms with Crippen LogP contribution in [0.5, 0.6) is 17.2 Å². The average Bonchev–Trinajstić information content (AvgIpc) is 3.43. The highest BCUT2D eigenvalue weighted by atomic mass is 16.7. The number of aldehydes is 1. The highest BCUT2D eigenvalue weighted by molar-refractivity contribution is 6.22. The zero-order valence-electron chi connectivity index (χ0n) is 23.2. The topological polar surface area (TPSA) is 114 Å². The van der Waals surface area contributed by atoms with Crippen LogP contribution in [-0.4, -0.2) is 37.2 Å². The zero-order chi connectivity index (χ0) is 29.1. The summed E-state index contributed by atoms with van der Waals surface area (Å²) in [6.45, 7) is 3.95. The molecule has 1 unspecified atom stereocenters. The molecule has 0 fully saturated rings. The Hall–Kier alpha value is -4.66. The Balaban J connectivity index is 1.66. The van der Waals surface area contributed by atoms with Gasteiger partial charge >= 0.3 is 5.97 Å². The third-order valence-electron chi connectivity index (χ3n) is 7.46. The van der Waals surface area contributed by atoms with E-state index < -0.39 is 17.0 Å². The van der Waals surface area contributed by atoms with Gasteiger partial charge in [0.2, 0.25) is 6.79 Å². The first kappa shape index (κ1) is 27.9. The van der Waals surface area contributed by atoms with Crippen LogP contribution in [0.1, 0.15) is 56.3 Å². The Morgan fingerprint density at radius 3 is 2.59 bits per heavy atom. The Bertz CT molecular complexity index is 1650. The monoisotopic (exact) mass is 557 g/mol. The van der Waals surface area contributed by atoms with Crippen LogP contribution in [0.3, 0.4) is 0 Å². The molecule has 1 aliphatic heterocycles. The van der Waals surface area contributed by atoms with Crippen molar-refractivity contribution in [3.63, 3.8) is 0 Å². The van der Waals surface area contributed by atoms with Crippen molar-refractivity contribution in [3.8, 4) is 17.2 Å². The Kier molecular flexibility index (Phi) is 8.05. The molecule has 9 heteroatoms. The van der Waals surface area contributed by atoms with Crippen molar-refractivity contribution in [2.45, 2.75) is 52.1 Å². The van der Waals surface area contributed by atoms with Crippen LogP contribution in [0.4, 0.5) is 5.69 Å². The van der Waals surface area contributed by atoms with Crippen LogP contribution in [-0.2, 0) is 9.53 Å². The largest absolute Gasteiger partial charge is 0.496 e. The molecule has 212 valence electrons. The first-order valence-corrected chi connectivity index (χ1v) is 13.5. The van der Waals surface area contributed by atoms with Crippen LogP contribution < -0.4 is 14.2 Å².